The summed E-state index contributed by atoms with van der Waals surface area (Å²) >= 11 is 0. The molecule has 2 atom stereocenters. The Hall–Kier alpha value is -3.01. The van der Waals surface area contributed by atoms with Crippen molar-refractivity contribution in [2.75, 3.05) is 6.54 Å². The second-order valence-electron chi connectivity index (χ2n) is 7.53. The first-order chi connectivity index (χ1) is 13.1. The van der Waals surface area contributed by atoms with Gasteiger partial charge in [-0.3, -0.25) is 4.79 Å². The molecule has 0 bridgehead atoms. The molecule has 1 saturated heterocycles. The fraction of sp³-hybridized carbons (Fsp3) is 0.261. The van der Waals surface area contributed by atoms with Gasteiger partial charge in [0, 0.05) is 29.1 Å². The zero-order chi connectivity index (χ0) is 18.5. The largest absolute Gasteiger partial charge is 0.512 e. The summed E-state index contributed by atoms with van der Waals surface area (Å²) < 4.78 is 0. The number of amides is 1. The first-order valence-electron chi connectivity index (χ1n) is 9.50. The fourth-order valence-electron chi connectivity index (χ4n) is 4.85. The number of aromatic nitrogens is 1. The number of para-hydroxylation sites is 1. The average molecular weight is 358 g/mol. The minimum absolute atomic E-state index is 0.0157. The van der Waals surface area contributed by atoms with Crippen molar-refractivity contribution in [2.45, 2.75) is 31.7 Å². The summed E-state index contributed by atoms with van der Waals surface area (Å²) in [5.74, 6) is 0.00136. The molecule has 3 heterocycles. The second kappa shape index (κ2) is 6.02. The van der Waals surface area contributed by atoms with Crippen molar-refractivity contribution in [3.63, 3.8) is 0 Å². The van der Waals surface area contributed by atoms with Gasteiger partial charge in [0.2, 0.25) is 0 Å². The normalized spacial score (nSPS) is 23.9. The molecule has 4 heteroatoms. The molecule has 0 unspecified atom stereocenters. The number of hydrogen-bond donors (Lipinski definition) is 2. The molecule has 1 amide bonds. The first kappa shape index (κ1) is 16.2. The van der Waals surface area contributed by atoms with Crippen LogP contribution in [0.15, 0.2) is 65.9 Å². The third-order valence-corrected chi connectivity index (χ3v) is 6.05. The number of H-pyrrole nitrogens is 1. The molecule has 0 spiro atoms. The summed E-state index contributed by atoms with van der Waals surface area (Å²) in [6.45, 7) is 2.32. The smallest absolute Gasteiger partial charge is 0.254 e. The summed E-state index contributed by atoms with van der Waals surface area (Å²) in [7, 11) is 0. The van der Waals surface area contributed by atoms with E-state index in [0.717, 1.165) is 29.6 Å². The lowest BCUT2D eigenvalue weighted by Crippen LogP contribution is -2.46. The van der Waals surface area contributed by atoms with E-state index < -0.39 is 0 Å². The van der Waals surface area contributed by atoms with Gasteiger partial charge in [-0.15, -0.1) is 0 Å². The second-order valence-corrected chi connectivity index (χ2v) is 7.53. The molecule has 4 nitrogen and oxygen atoms in total. The monoisotopic (exact) mass is 358 g/mol. The number of carbonyl (C=O) groups is 1. The molecule has 0 radical (unpaired) electrons. The lowest BCUT2D eigenvalue weighted by molar-refractivity contribution is -0.133. The number of aliphatic hydroxyl groups is 1. The molecule has 3 aromatic rings. The maximum absolute atomic E-state index is 13.3. The zero-order valence-electron chi connectivity index (χ0n) is 15.3. The maximum Gasteiger partial charge on any atom is 0.254 e. The maximum atomic E-state index is 13.3. The van der Waals surface area contributed by atoms with Crippen LogP contribution in [0.3, 0.4) is 0 Å². The number of allylic oxidation sites excluding steroid dienone is 1. The van der Waals surface area contributed by atoms with Gasteiger partial charge in [-0.2, -0.15) is 0 Å². The van der Waals surface area contributed by atoms with Crippen LogP contribution in [0.5, 0.6) is 0 Å². The first-order valence-corrected chi connectivity index (χ1v) is 9.50. The van der Waals surface area contributed by atoms with Gasteiger partial charge in [-0.25, -0.2) is 0 Å². The Morgan fingerprint density at radius 1 is 1.11 bits per heavy atom. The number of benzene rings is 2. The molecule has 1 aromatic heterocycles. The fourth-order valence-corrected chi connectivity index (χ4v) is 4.85. The van der Waals surface area contributed by atoms with E-state index in [4.69, 9.17) is 0 Å². The van der Waals surface area contributed by atoms with Crippen molar-refractivity contribution >= 4 is 16.8 Å². The molecule has 27 heavy (non-hydrogen) atoms. The van der Waals surface area contributed by atoms with Gasteiger partial charge in [0.05, 0.1) is 17.4 Å². The predicted molar refractivity (Wildman–Crippen MR) is 106 cm³/mol. The van der Waals surface area contributed by atoms with Gasteiger partial charge in [-0.1, -0.05) is 48.5 Å². The summed E-state index contributed by atoms with van der Waals surface area (Å²) in [6.07, 6.45) is 1.62. The molecular formula is C23H22N2O2. The Kier molecular flexibility index (Phi) is 3.61. The van der Waals surface area contributed by atoms with Crippen LogP contribution in [0.1, 0.15) is 42.1 Å². The van der Waals surface area contributed by atoms with E-state index >= 15 is 0 Å². The van der Waals surface area contributed by atoms with Crippen LogP contribution in [-0.2, 0) is 11.2 Å². The highest BCUT2D eigenvalue weighted by molar-refractivity contribution is 5.97. The van der Waals surface area contributed by atoms with Crippen LogP contribution >= 0.6 is 0 Å². The van der Waals surface area contributed by atoms with E-state index in [2.05, 4.69) is 23.2 Å². The molecule has 2 aromatic carbocycles. The Morgan fingerprint density at radius 3 is 2.63 bits per heavy atom. The third-order valence-electron chi connectivity index (χ3n) is 6.05. The summed E-state index contributed by atoms with van der Waals surface area (Å²) in [5.41, 5.74) is 5.24. The Morgan fingerprint density at radius 2 is 1.85 bits per heavy atom. The highest BCUT2D eigenvalue weighted by Gasteiger charge is 2.43. The molecule has 2 aliphatic heterocycles. The molecule has 0 saturated carbocycles. The molecule has 136 valence electrons. The third kappa shape index (κ3) is 2.40. The van der Waals surface area contributed by atoms with E-state index in [1.807, 2.05) is 41.3 Å². The van der Waals surface area contributed by atoms with E-state index in [0.29, 0.717) is 12.1 Å². The molecule has 2 N–H and O–H groups in total. The van der Waals surface area contributed by atoms with Crippen LogP contribution < -0.4 is 0 Å². The van der Waals surface area contributed by atoms with E-state index in [9.17, 15) is 9.90 Å². The number of carbonyl (C=O) groups excluding carboxylic acids is 1. The highest BCUT2D eigenvalue weighted by atomic mass is 16.3. The van der Waals surface area contributed by atoms with E-state index in [-0.39, 0.29) is 23.6 Å². The van der Waals surface area contributed by atoms with Crippen molar-refractivity contribution in [3.8, 4) is 0 Å². The number of nitrogens with zero attached hydrogens (tertiary/aromatic N) is 1. The van der Waals surface area contributed by atoms with Gasteiger partial charge in [0.25, 0.3) is 5.91 Å². The van der Waals surface area contributed by atoms with Gasteiger partial charge < -0.3 is 15.0 Å². The van der Waals surface area contributed by atoms with Crippen LogP contribution in [-0.4, -0.2) is 27.4 Å². The summed E-state index contributed by atoms with van der Waals surface area (Å²) in [6, 6.07) is 18.4. The van der Waals surface area contributed by atoms with Crippen molar-refractivity contribution in [1.29, 1.82) is 0 Å². The van der Waals surface area contributed by atoms with Crippen molar-refractivity contribution in [2.24, 2.45) is 0 Å². The Balaban J connectivity index is 1.65. The van der Waals surface area contributed by atoms with Crippen molar-refractivity contribution in [1.82, 2.24) is 9.88 Å². The quantitative estimate of drug-likeness (QED) is 0.493. The lowest BCUT2D eigenvalue weighted by Gasteiger charge is -2.43. The topological polar surface area (TPSA) is 56.3 Å². The Bertz CT molecular complexity index is 1060. The predicted octanol–water partition coefficient (Wildman–Crippen LogP) is 4.61. The molecule has 2 aliphatic rings. The number of aromatic amines is 1. The van der Waals surface area contributed by atoms with Crippen LogP contribution in [0.25, 0.3) is 10.9 Å². The SMILES string of the molecule is C/C(O)=C1/C(=O)N2CCc3c([nH]c4ccccc34)[C@@H]2C[C@H]1c1ccccc1. The van der Waals surface area contributed by atoms with Crippen LogP contribution in [0, 0.1) is 0 Å². The van der Waals surface area contributed by atoms with Gasteiger partial charge in [0.1, 0.15) is 0 Å². The van der Waals surface area contributed by atoms with Crippen molar-refractivity contribution in [3.05, 3.63) is 82.8 Å². The number of hydrogen-bond acceptors (Lipinski definition) is 2. The van der Waals surface area contributed by atoms with E-state index in [1.54, 1.807) is 6.92 Å². The minimum atomic E-state index is -0.0951. The standard InChI is InChI=1S/C23H22N2O2/c1-14(26)21-18(15-7-3-2-4-8-15)13-20-22-17(11-12-25(20)23(21)27)16-9-5-6-10-19(16)24-22/h2-10,18,20,24,26H,11-13H2,1H3/b21-14-/t18-,20-/m0/s1. The van der Waals surface area contributed by atoms with E-state index in [1.165, 1.54) is 10.9 Å². The number of aliphatic hydroxyl groups excluding tert-OH is 1. The number of rotatable bonds is 1. The van der Waals surface area contributed by atoms with Crippen LogP contribution in [0.2, 0.25) is 0 Å². The average Bonchev–Trinajstić information content (AvgIpc) is 3.07. The number of piperidine rings is 1. The molecule has 5 rings (SSSR count). The molecule has 0 aliphatic carbocycles. The zero-order valence-corrected chi connectivity index (χ0v) is 15.3. The minimum Gasteiger partial charge on any atom is -0.512 e. The van der Waals surface area contributed by atoms with Gasteiger partial charge in [0.15, 0.2) is 0 Å². The lowest BCUT2D eigenvalue weighted by atomic mass is 9.77. The molecular weight excluding hydrogens is 336 g/mol. The highest BCUT2D eigenvalue weighted by Crippen LogP contribution is 2.47. The van der Waals surface area contributed by atoms with Gasteiger partial charge >= 0.3 is 0 Å². The summed E-state index contributed by atoms with van der Waals surface area (Å²) in [4.78, 5) is 18.8. The number of fused-ring (bicyclic) bond motifs is 5. The Labute approximate surface area is 158 Å². The van der Waals surface area contributed by atoms with Crippen LogP contribution in [0.4, 0.5) is 0 Å². The van der Waals surface area contributed by atoms with Crippen molar-refractivity contribution < 1.29 is 9.90 Å². The molecule has 1 fully saturated rings. The van der Waals surface area contributed by atoms with Gasteiger partial charge in [-0.05, 0) is 37.0 Å². The number of nitrogens with one attached hydrogen (secondary N) is 1. The summed E-state index contributed by atoms with van der Waals surface area (Å²) in [5, 5.41) is 11.6.